The molecule has 0 N–H and O–H groups in total. The molecule has 0 aliphatic rings. The third kappa shape index (κ3) is 2.45. The number of para-hydroxylation sites is 1. The number of aromatic nitrogens is 1. The molecular weight excluding hydrogens is 276 g/mol. The van der Waals surface area contributed by atoms with Gasteiger partial charge in [0.25, 0.3) is 0 Å². The fraction of sp³-hybridized carbons (Fsp3) is 0.111. The normalized spacial score (nSPS) is 10.4. The minimum absolute atomic E-state index is 0.338. The molecular formula is C18H14N2O2. The van der Waals surface area contributed by atoms with Gasteiger partial charge >= 0.3 is 5.97 Å². The zero-order valence-corrected chi connectivity index (χ0v) is 12.1. The largest absolute Gasteiger partial charge is 0.465 e. The molecule has 0 radical (unpaired) electrons. The lowest BCUT2D eigenvalue weighted by Gasteiger charge is -2.05. The first-order chi connectivity index (χ1) is 10.7. The van der Waals surface area contributed by atoms with Crippen LogP contribution in [0.2, 0.25) is 0 Å². The highest BCUT2D eigenvalue weighted by atomic mass is 16.5. The zero-order chi connectivity index (χ0) is 15.5. The minimum atomic E-state index is -0.338. The van der Waals surface area contributed by atoms with Crippen molar-refractivity contribution in [1.82, 2.24) is 4.57 Å². The molecule has 0 saturated heterocycles. The average molecular weight is 290 g/mol. The average Bonchev–Trinajstić information content (AvgIpc) is 2.94. The van der Waals surface area contributed by atoms with E-state index in [4.69, 9.17) is 10.00 Å². The maximum atomic E-state index is 11.9. The number of carbonyl (C=O) groups is 1. The predicted molar refractivity (Wildman–Crippen MR) is 83.5 cm³/mol. The van der Waals surface area contributed by atoms with Crippen LogP contribution in [0.25, 0.3) is 10.9 Å². The van der Waals surface area contributed by atoms with Crippen molar-refractivity contribution in [3.63, 3.8) is 0 Å². The molecule has 22 heavy (non-hydrogen) atoms. The molecule has 0 aliphatic carbocycles. The molecule has 0 unspecified atom stereocenters. The topological polar surface area (TPSA) is 55.0 Å². The third-order valence-electron chi connectivity index (χ3n) is 3.63. The van der Waals surface area contributed by atoms with Crippen LogP contribution in [0.15, 0.2) is 54.7 Å². The van der Waals surface area contributed by atoms with Crippen LogP contribution in [0.5, 0.6) is 0 Å². The molecule has 4 nitrogen and oxygen atoms in total. The Morgan fingerprint density at radius 3 is 2.59 bits per heavy atom. The first-order valence-corrected chi connectivity index (χ1v) is 6.88. The van der Waals surface area contributed by atoms with Gasteiger partial charge in [-0.25, -0.2) is 4.79 Å². The lowest BCUT2D eigenvalue weighted by Crippen LogP contribution is -2.01. The summed E-state index contributed by atoms with van der Waals surface area (Å²) in [7, 11) is 1.38. The summed E-state index contributed by atoms with van der Waals surface area (Å²) in [4.78, 5) is 11.9. The van der Waals surface area contributed by atoms with Gasteiger partial charge in [-0.2, -0.15) is 5.26 Å². The van der Waals surface area contributed by atoms with Gasteiger partial charge in [0.1, 0.15) is 0 Å². The quantitative estimate of drug-likeness (QED) is 0.695. The van der Waals surface area contributed by atoms with Crippen LogP contribution in [0.1, 0.15) is 21.5 Å². The number of nitrogens with zero attached hydrogens (tertiary/aromatic N) is 2. The van der Waals surface area contributed by atoms with Crippen LogP contribution in [0.3, 0.4) is 0 Å². The van der Waals surface area contributed by atoms with Crippen molar-refractivity contribution in [3.8, 4) is 6.07 Å². The van der Waals surface area contributed by atoms with E-state index in [0.717, 1.165) is 16.5 Å². The number of carbonyl (C=O) groups excluding carboxylic acids is 1. The monoisotopic (exact) mass is 290 g/mol. The van der Waals surface area contributed by atoms with Gasteiger partial charge in [0.2, 0.25) is 0 Å². The van der Waals surface area contributed by atoms with E-state index in [-0.39, 0.29) is 5.97 Å². The Balaban J connectivity index is 2.03. The number of rotatable bonds is 3. The molecule has 108 valence electrons. The number of esters is 1. The van der Waals surface area contributed by atoms with Crippen molar-refractivity contribution in [3.05, 3.63) is 71.4 Å². The summed E-state index contributed by atoms with van der Waals surface area (Å²) in [6.45, 7) is 0.628. The minimum Gasteiger partial charge on any atom is -0.465 e. The van der Waals surface area contributed by atoms with Crippen LogP contribution >= 0.6 is 0 Å². The number of fused-ring (bicyclic) bond motifs is 1. The Morgan fingerprint density at radius 2 is 1.91 bits per heavy atom. The van der Waals surface area contributed by atoms with E-state index in [1.165, 1.54) is 7.11 Å². The summed E-state index contributed by atoms with van der Waals surface area (Å²) in [6, 6.07) is 17.3. The molecule has 3 aromatic rings. The Bertz CT molecular complexity index is 870. The van der Waals surface area contributed by atoms with Crippen molar-refractivity contribution in [2.24, 2.45) is 0 Å². The Hall–Kier alpha value is -3.06. The third-order valence-corrected chi connectivity index (χ3v) is 3.63. The van der Waals surface area contributed by atoms with Crippen LogP contribution in [0.4, 0.5) is 0 Å². The number of hydrogen-bond acceptors (Lipinski definition) is 3. The summed E-state index contributed by atoms with van der Waals surface area (Å²) in [5.41, 5.74) is 3.24. The second kappa shape index (κ2) is 5.74. The number of hydrogen-bond donors (Lipinski definition) is 0. The number of methoxy groups -OCH3 is 1. The van der Waals surface area contributed by atoms with E-state index in [9.17, 15) is 4.79 Å². The lowest BCUT2D eigenvalue weighted by atomic mass is 10.1. The molecule has 0 amide bonds. The highest BCUT2D eigenvalue weighted by Gasteiger charge is 2.15. The molecule has 0 aliphatic heterocycles. The van der Waals surface area contributed by atoms with Crippen LogP contribution in [-0.4, -0.2) is 17.6 Å². The standard InChI is InChI=1S/C18H14N2O2/c1-22-18(21)16-12-20(17-5-3-2-4-15(16)17)11-14-8-6-13(10-19)7-9-14/h2-9,12H,11H2,1H3. The van der Waals surface area contributed by atoms with E-state index in [1.807, 2.05) is 47.2 Å². The number of benzene rings is 2. The van der Waals surface area contributed by atoms with Gasteiger partial charge in [0.15, 0.2) is 0 Å². The molecule has 1 aromatic heterocycles. The SMILES string of the molecule is COC(=O)c1cn(Cc2ccc(C#N)cc2)c2ccccc12. The molecule has 2 aromatic carbocycles. The van der Waals surface area contributed by atoms with E-state index < -0.39 is 0 Å². The van der Waals surface area contributed by atoms with Gasteiger partial charge in [0, 0.05) is 23.6 Å². The Labute approximate surface area is 128 Å². The highest BCUT2D eigenvalue weighted by Crippen LogP contribution is 2.23. The van der Waals surface area contributed by atoms with Crippen molar-refractivity contribution >= 4 is 16.9 Å². The molecule has 0 spiro atoms. The second-order valence-electron chi connectivity index (χ2n) is 4.99. The van der Waals surface area contributed by atoms with Gasteiger partial charge in [-0.05, 0) is 23.8 Å². The number of ether oxygens (including phenoxy) is 1. The first kappa shape index (κ1) is 13.9. The van der Waals surface area contributed by atoms with Crippen molar-refractivity contribution in [2.45, 2.75) is 6.54 Å². The summed E-state index contributed by atoms with van der Waals surface area (Å²) in [6.07, 6.45) is 1.81. The summed E-state index contributed by atoms with van der Waals surface area (Å²) in [5.74, 6) is -0.338. The Kier molecular flexibility index (Phi) is 3.63. The first-order valence-electron chi connectivity index (χ1n) is 6.88. The molecule has 0 saturated carbocycles. The summed E-state index contributed by atoms with van der Waals surface area (Å²) in [5, 5.41) is 9.72. The Morgan fingerprint density at radius 1 is 1.18 bits per heavy atom. The van der Waals surface area contributed by atoms with E-state index in [2.05, 4.69) is 6.07 Å². The summed E-state index contributed by atoms with van der Waals surface area (Å²) >= 11 is 0. The zero-order valence-electron chi connectivity index (χ0n) is 12.1. The van der Waals surface area contributed by atoms with E-state index in [1.54, 1.807) is 12.1 Å². The predicted octanol–water partition coefficient (Wildman–Crippen LogP) is 3.35. The fourth-order valence-corrected chi connectivity index (χ4v) is 2.53. The highest BCUT2D eigenvalue weighted by molar-refractivity contribution is 6.04. The van der Waals surface area contributed by atoms with Gasteiger partial charge in [0.05, 0.1) is 24.3 Å². The maximum Gasteiger partial charge on any atom is 0.340 e. The van der Waals surface area contributed by atoms with Crippen molar-refractivity contribution < 1.29 is 9.53 Å². The van der Waals surface area contributed by atoms with Crippen molar-refractivity contribution in [2.75, 3.05) is 7.11 Å². The van der Waals surface area contributed by atoms with E-state index in [0.29, 0.717) is 17.7 Å². The molecule has 3 rings (SSSR count). The van der Waals surface area contributed by atoms with Crippen LogP contribution < -0.4 is 0 Å². The van der Waals surface area contributed by atoms with Gasteiger partial charge < -0.3 is 9.30 Å². The molecule has 0 atom stereocenters. The van der Waals surface area contributed by atoms with Crippen molar-refractivity contribution in [1.29, 1.82) is 5.26 Å². The smallest absolute Gasteiger partial charge is 0.340 e. The maximum absolute atomic E-state index is 11.9. The van der Waals surface area contributed by atoms with Gasteiger partial charge in [-0.3, -0.25) is 0 Å². The summed E-state index contributed by atoms with van der Waals surface area (Å²) < 4.78 is 6.87. The fourth-order valence-electron chi connectivity index (χ4n) is 2.53. The molecule has 4 heteroatoms. The number of nitriles is 1. The van der Waals surface area contributed by atoms with Gasteiger partial charge in [-0.15, -0.1) is 0 Å². The van der Waals surface area contributed by atoms with E-state index >= 15 is 0 Å². The van der Waals surface area contributed by atoms with Crippen LogP contribution in [0, 0.1) is 11.3 Å². The molecule has 0 fully saturated rings. The second-order valence-corrected chi connectivity index (χ2v) is 4.99. The molecule has 1 heterocycles. The molecule has 0 bridgehead atoms. The van der Waals surface area contributed by atoms with Gasteiger partial charge in [-0.1, -0.05) is 30.3 Å². The lowest BCUT2D eigenvalue weighted by molar-refractivity contribution is 0.0602. The van der Waals surface area contributed by atoms with Crippen LogP contribution in [-0.2, 0) is 11.3 Å².